The van der Waals surface area contributed by atoms with Gasteiger partial charge >= 0.3 is 0 Å². The number of imide groups is 1. The van der Waals surface area contributed by atoms with Crippen LogP contribution in [0.25, 0.3) is 0 Å². The fourth-order valence-electron chi connectivity index (χ4n) is 4.45. The molecule has 0 aromatic heterocycles. The van der Waals surface area contributed by atoms with E-state index in [1.165, 1.54) is 12.8 Å². The van der Waals surface area contributed by atoms with Crippen LogP contribution >= 0.6 is 0 Å². The molecule has 3 nitrogen and oxygen atoms in total. The molecule has 2 bridgehead atoms. The highest BCUT2D eigenvalue weighted by Crippen LogP contribution is 2.53. The Morgan fingerprint density at radius 3 is 2.00 bits per heavy atom. The standard InChI is InChI=1S/C14H17NO2/c16-13-11-8-5-6-9(7-8)12(11)14(17)15(13)10-3-1-2-4-10/h5-6,8-12H,1-4,7H2/t8-,9-,11+,12+/m1/s1. The molecule has 0 aromatic carbocycles. The zero-order valence-electron chi connectivity index (χ0n) is 9.84. The summed E-state index contributed by atoms with van der Waals surface area (Å²) >= 11 is 0. The van der Waals surface area contributed by atoms with Crippen LogP contribution in [0.1, 0.15) is 32.1 Å². The molecule has 3 heteroatoms. The second-order valence-corrected chi connectivity index (χ2v) is 5.98. The van der Waals surface area contributed by atoms with Crippen LogP contribution in [0.15, 0.2) is 12.2 Å². The lowest BCUT2D eigenvalue weighted by molar-refractivity contribution is -0.143. The number of hydrogen-bond donors (Lipinski definition) is 0. The summed E-state index contributed by atoms with van der Waals surface area (Å²) < 4.78 is 0. The second-order valence-electron chi connectivity index (χ2n) is 5.98. The summed E-state index contributed by atoms with van der Waals surface area (Å²) in [6.07, 6.45) is 9.75. The van der Waals surface area contributed by atoms with E-state index in [0.717, 1.165) is 19.3 Å². The van der Waals surface area contributed by atoms with Gasteiger partial charge in [-0.2, -0.15) is 0 Å². The number of likely N-dealkylation sites (tertiary alicyclic amines) is 1. The number of allylic oxidation sites excluding steroid dienone is 2. The Kier molecular flexibility index (Phi) is 1.86. The van der Waals surface area contributed by atoms with Crippen LogP contribution in [0.4, 0.5) is 0 Å². The minimum absolute atomic E-state index is 0.00176. The molecule has 0 spiro atoms. The van der Waals surface area contributed by atoms with Crippen molar-refractivity contribution in [1.29, 1.82) is 0 Å². The summed E-state index contributed by atoms with van der Waals surface area (Å²) in [5.41, 5.74) is 0. The Labute approximate surface area is 101 Å². The van der Waals surface area contributed by atoms with Gasteiger partial charge in [-0.3, -0.25) is 14.5 Å². The predicted molar refractivity (Wildman–Crippen MR) is 61.8 cm³/mol. The summed E-state index contributed by atoms with van der Waals surface area (Å²) in [6, 6.07) is 0.222. The first kappa shape index (κ1) is 9.86. The quantitative estimate of drug-likeness (QED) is 0.509. The minimum Gasteiger partial charge on any atom is -0.279 e. The summed E-state index contributed by atoms with van der Waals surface area (Å²) in [6.45, 7) is 0. The van der Waals surface area contributed by atoms with Crippen molar-refractivity contribution in [1.82, 2.24) is 4.90 Å². The maximum atomic E-state index is 12.4. The topological polar surface area (TPSA) is 37.4 Å². The third kappa shape index (κ3) is 1.12. The Balaban J connectivity index is 1.68. The van der Waals surface area contributed by atoms with Gasteiger partial charge in [-0.25, -0.2) is 0 Å². The molecule has 0 N–H and O–H groups in total. The molecule has 4 atom stereocenters. The van der Waals surface area contributed by atoms with Crippen molar-refractivity contribution in [3.05, 3.63) is 12.2 Å². The number of amides is 2. The SMILES string of the molecule is O=C1[C@@H]2[C@@H](C(=O)N1C1CCCC1)[C@@H]1C=C[C@@H]2C1. The lowest BCUT2D eigenvalue weighted by atomic mass is 9.85. The minimum atomic E-state index is -0.00176. The summed E-state index contributed by atoms with van der Waals surface area (Å²) in [5, 5.41) is 0. The third-order valence-electron chi connectivity index (χ3n) is 5.19. The van der Waals surface area contributed by atoms with Gasteiger partial charge in [0.25, 0.3) is 0 Å². The molecule has 3 aliphatic carbocycles. The van der Waals surface area contributed by atoms with Crippen molar-refractivity contribution in [2.24, 2.45) is 23.7 Å². The predicted octanol–water partition coefficient (Wildman–Crippen LogP) is 1.74. The molecule has 0 unspecified atom stereocenters. The average Bonchev–Trinajstić information content (AvgIpc) is 3.03. The molecule has 17 heavy (non-hydrogen) atoms. The first-order valence-corrected chi connectivity index (χ1v) is 6.82. The third-order valence-corrected chi connectivity index (χ3v) is 5.19. The van der Waals surface area contributed by atoms with Crippen molar-refractivity contribution in [3.63, 3.8) is 0 Å². The van der Waals surface area contributed by atoms with Gasteiger partial charge in [-0.15, -0.1) is 0 Å². The molecule has 0 aromatic rings. The van der Waals surface area contributed by atoms with E-state index in [4.69, 9.17) is 0 Å². The zero-order valence-corrected chi connectivity index (χ0v) is 9.84. The van der Waals surface area contributed by atoms with Gasteiger partial charge in [0, 0.05) is 6.04 Å². The number of rotatable bonds is 1. The van der Waals surface area contributed by atoms with E-state index in [-0.39, 0.29) is 29.7 Å². The molecule has 2 amide bonds. The average molecular weight is 231 g/mol. The van der Waals surface area contributed by atoms with Gasteiger partial charge in [-0.1, -0.05) is 25.0 Å². The van der Waals surface area contributed by atoms with E-state index in [1.54, 1.807) is 4.90 Å². The van der Waals surface area contributed by atoms with Crippen molar-refractivity contribution in [3.8, 4) is 0 Å². The monoisotopic (exact) mass is 231 g/mol. The summed E-state index contributed by atoms with van der Waals surface area (Å²) in [4.78, 5) is 26.5. The van der Waals surface area contributed by atoms with Gasteiger partial charge in [0.05, 0.1) is 11.8 Å². The Morgan fingerprint density at radius 2 is 1.47 bits per heavy atom. The zero-order chi connectivity index (χ0) is 11.6. The fourth-order valence-corrected chi connectivity index (χ4v) is 4.45. The van der Waals surface area contributed by atoms with Gasteiger partial charge in [0.15, 0.2) is 0 Å². The largest absolute Gasteiger partial charge is 0.279 e. The van der Waals surface area contributed by atoms with Crippen LogP contribution in [0.3, 0.4) is 0 Å². The van der Waals surface area contributed by atoms with E-state index in [2.05, 4.69) is 12.2 Å². The van der Waals surface area contributed by atoms with E-state index in [9.17, 15) is 9.59 Å². The van der Waals surface area contributed by atoms with E-state index in [1.807, 2.05) is 0 Å². The number of carbonyl (C=O) groups excluding carboxylic acids is 2. The van der Waals surface area contributed by atoms with Crippen molar-refractivity contribution >= 4 is 11.8 Å². The van der Waals surface area contributed by atoms with Gasteiger partial charge in [-0.05, 0) is 31.1 Å². The molecule has 1 saturated heterocycles. The van der Waals surface area contributed by atoms with E-state index >= 15 is 0 Å². The van der Waals surface area contributed by atoms with Gasteiger partial charge in [0.1, 0.15) is 0 Å². The van der Waals surface area contributed by atoms with Crippen LogP contribution in [0.2, 0.25) is 0 Å². The fraction of sp³-hybridized carbons (Fsp3) is 0.714. The number of nitrogens with zero attached hydrogens (tertiary/aromatic N) is 1. The number of fused-ring (bicyclic) bond motifs is 5. The number of hydrogen-bond acceptors (Lipinski definition) is 2. The Bertz CT molecular complexity index is 392. The smallest absolute Gasteiger partial charge is 0.233 e. The molecular formula is C14H17NO2. The van der Waals surface area contributed by atoms with E-state index in [0.29, 0.717) is 11.8 Å². The van der Waals surface area contributed by atoms with Crippen LogP contribution in [-0.2, 0) is 9.59 Å². The van der Waals surface area contributed by atoms with Crippen LogP contribution < -0.4 is 0 Å². The molecule has 4 rings (SSSR count). The van der Waals surface area contributed by atoms with Crippen molar-refractivity contribution in [2.75, 3.05) is 0 Å². The summed E-state index contributed by atoms with van der Waals surface area (Å²) in [5.74, 6) is 0.990. The van der Waals surface area contributed by atoms with Gasteiger partial charge in [0.2, 0.25) is 11.8 Å². The lowest BCUT2D eigenvalue weighted by Crippen LogP contribution is -2.40. The second kappa shape index (κ2) is 3.21. The highest BCUT2D eigenvalue weighted by Gasteiger charge is 2.60. The first-order chi connectivity index (χ1) is 8.27. The van der Waals surface area contributed by atoms with Crippen molar-refractivity contribution < 1.29 is 9.59 Å². The lowest BCUT2D eigenvalue weighted by Gasteiger charge is -2.23. The Morgan fingerprint density at radius 1 is 0.941 bits per heavy atom. The normalized spacial score (nSPS) is 44.1. The maximum absolute atomic E-state index is 12.4. The number of carbonyl (C=O) groups is 2. The first-order valence-electron chi connectivity index (χ1n) is 6.82. The molecule has 0 radical (unpaired) electrons. The van der Waals surface area contributed by atoms with Gasteiger partial charge < -0.3 is 0 Å². The summed E-state index contributed by atoms with van der Waals surface area (Å²) in [7, 11) is 0. The molecule has 1 heterocycles. The molecule has 2 saturated carbocycles. The molecule has 3 fully saturated rings. The molecular weight excluding hydrogens is 214 g/mol. The van der Waals surface area contributed by atoms with Crippen LogP contribution in [0.5, 0.6) is 0 Å². The molecule has 90 valence electrons. The Hall–Kier alpha value is -1.12. The van der Waals surface area contributed by atoms with Crippen LogP contribution in [-0.4, -0.2) is 22.8 Å². The van der Waals surface area contributed by atoms with Crippen LogP contribution in [0, 0.1) is 23.7 Å². The molecule has 4 aliphatic rings. The highest BCUT2D eigenvalue weighted by molar-refractivity contribution is 6.06. The maximum Gasteiger partial charge on any atom is 0.233 e. The molecule has 1 aliphatic heterocycles. The highest BCUT2D eigenvalue weighted by atomic mass is 16.2. The van der Waals surface area contributed by atoms with Crippen molar-refractivity contribution in [2.45, 2.75) is 38.1 Å². The van der Waals surface area contributed by atoms with E-state index < -0.39 is 0 Å².